The van der Waals surface area contributed by atoms with Crippen LogP contribution in [0, 0.1) is 0 Å². The lowest BCUT2D eigenvalue weighted by atomic mass is 9.97. The maximum absolute atomic E-state index is 12.4. The van der Waals surface area contributed by atoms with E-state index in [0.29, 0.717) is 13.0 Å². The molecule has 2 atom stereocenters. The van der Waals surface area contributed by atoms with Gasteiger partial charge in [0.1, 0.15) is 6.61 Å². The van der Waals surface area contributed by atoms with Gasteiger partial charge in [0.05, 0.1) is 6.04 Å². The van der Waals surface area contributed by atoms with Crippen LogP contribution in [0.25, 0.3) is 0 Å². The standard InChI is InChI=1S/C19H19NO4/c21-16-13-24-18(19(22)23)17(15-9-5-2-6-10-15)20(16)12-11-14-7-3-1-4-8-14/h1-10,17-18H,11-13H2,(H,22,23). The lowest BCUT2D eigenvalue weighted by molar-refractivity contribution is -0.173. The molecule has 0 bridgehead atoms. The molecule has 5 heteroatoms. The fraction of sp³-hybridized carbons (Fsp3) is 0.263. The highest BCUT2D eigenvalue weighted by Gasteiger charge is 2.41. The lowest BCUT2D eigenvalue weighted by Crippen LogP contribution is -2.52. The summed E-state index contributed by atoms with van der Waals surface area (Å²) in [6, 6.07) is 18.4. The smallest absolute Gasteiger partial charge is 0.335 e. The monoisotopic (exact) mass is 325 g/mol. The molecule has 2 unspecified atom stereocenters. The molecule has 1 saturated heterocycles. The maximum atomic E-state index is 12.4. The first-order chi connectivity index (χ1) is 11.7. The Balaban J connectivity index is 1.87. The summed E-state index contributed by atoms with van der Waals surface area (Å²) in [4.78, 5) is 25.6. The van der Waals surface area contributed by atoms with Gasteiger partial charge in [-0.05, 0) is 17.5 Å². The molecule has 24 heavy (non-hydrogen) atoms. The molecule has 124 valence electrons. The summed E-state index contributed by atoms with van der Waals surface area (Å²) < 4.78 is 5.31. The number of morpholine rings is 1. The summed E-state index contributed by atoms with van der Waals surface area (Å²) in [7, 11) is 0. The first-order valence-electron chi connectivity index (χ1n) is 7.89. The Morgan fingerprint density at radius 3 is 2.33 bits per heavy atom. The molecule has 5 nitrogen and oxygen atoms in total. The van der Waals surface area contributed by atoms with Crippen molar-refractivity contribution in [1.29, 1.82) is 0 Å². The second kappa shape index (κ2) is 7.27. The van der Waals surface area contributed by atoms with E-state index in [9.17, 15) is 14.7 Å². The molecular formula is C19H19NO4. The molecule has 0 radical (unpaired) electrons. The quantitative estimate of drug-likeness (QED) is 0.916. The van der Waals surface area contributed by atoms with E-state index in [2.05, 4.69) is 0 Å². The predicted molar refractivity (Wildman–Crippen MR) is 88.4 cm³/mol. The van der Waals surface area contributed by atoms with Gasteiger partial charge in [-0.15, -0.1) is 0 Å². The Bertz CT molecular complexity index is 702. The third kappa shape index (κ3) is 3.46. The SMILES string of the molecule is O=C(O)C1OCC(=O)N(CCc2ccccc2)C1c1ccccc1. The van der Waals surface area contributed by atoms with Crippen LogP contribution in [0.2, 0.25) is 0 Å². The van der Waals surface area contributed by atoms with Gasteiger partial charge in [-0.3, -0.25) is 4.79 Å². The molecule has 2 aromatic rings. The van der Waals surface area contributed by atoms with Gasteiger partial charge in [0.15, 0.2) is 6.10 Å². The van der Waals surface area contributed by atoms with Crippen LogP contribution in [0.15, 0.2) is 60.7 Å². The predicted octanol–water partition coefficient (Wildman–Crippen LogP) is 2.28. The zero-order valence-electron chi connectivity index (χ0n) is 13.2. The van der Waals surface area contributed by atoms with Crippen molar-refractivity contribution < 1.29 is 19.4 Å². The van der Waals surface area contributed by atoms with Gasteiger partial charge in [-0.25, -0.2) is 4.79 Å². The average Bonchev–Trinajstić information content (AvgIpc) is 2.61. The van der Waals surface area contributed by atoms with Crippen molar-refractivity contribution in [3.63, 3.8) is 0 Å². The van der Waals surface area contributed by atoms with E-state index in [4.69, 9.17) is 4.74 Å². The molecule has 1 N–H and O–H groups in total. The van der Waals surface area contributed by atoms with Gasteiger partial charge >= 0.3 is 5.97 Å². The van der Waals surface area contributed by atoms with Crippen LogP contribution < -0.4 is 0 Å². The van der Waals surface area contributed by atoms with Crippen LogP contribution >= 0.6 is 0 Å². The Kier molecular flexibility index (Phi) is 4.91. The Morgan fingerprint density at radius 1 is 1.08 bits per heavy atom. The number of carboxylic acids is 1. The van der Waals surface area contributed by atoms with Gasteiger partial charge < -0.3 is 14.7 Å². The second-order valence-electron chi connectivity index (χ2n) is 5.75. The number of carboxylic acid groups (broad SMARTS) is 1. The topological polar surface area (TPSA) is 66.8 Å². The molecule has 0 spiro atoms. The number of carbonyl (C=O) groups is 2. The number of amides is 1. The molecule has 1 aliphatic rings. The van der Waals surface area contributed by atoms with E-state index in [0.717, 1.165) is 11.1 Å². The first-order valence-corrected chi connectivity index (χ1v) is 7.89. The normalized spacial score (nSPS) is 20.8. The largest absolute Gasteiger partial charge is 0.479 e. The number of hydrogen-bond donors (Lipinski definition) is 1. The highest BCUT2D eigenvalue weighted by molar-refractivity contribution is 5.83. The summed E-state index contributed by atoms with van der Waals surface area (Å²) in [6.07, 6.45) is -0.386. The van der Waals surface area contributed by atoms with Gasteiger partial charge in [0.2, 0.25) is 5.91 Å². The van der Waals surface area contributed by atoms with Gasteiger partial charge in [-0.1, -0.05) is 60.7 Å². The zero-order valence-corrected chi connectivity index (χ0v) is 13.2. The molecule has 0 aromatic heterocycles. The Hall–Kier alpha value is -2.66. The number of rotatable bonds is 5. The van der Waals surface area contributed by atoms with E-state index in [1.807, 2.05) is 60.7 Å². The van der Waals surface area contributed by atoms with Crippen molar-refractivity contribution in [2.45, 2.75) is 18.6 Å². The number of aliphatic carboxylic acids is 1. The number of nitrogens with zero attached hydrogens (tertiary/aromatic N) is 1. The van der Waals surface area contributed by atoms with Gasteiger partial charge in [0, 0.05) is 6.54 Å². The average molecular weight is 325 g/mol. The number of ether oxygens (including phenoxy) is 1. The van der Waals surface area contributed by atoms with E-state index in [1.165, 1.54) is 0 Å². The van der Waals surface area contributed by atoms with Crippen LogP contribution in [-0.4, -0.2) is 41.1 Å². The van der Waals surface area contributed by atoms with Crippen molar-refractivity contribution in [3.05, 3.63) is 71.8 Å². The summed E-state index contributed by atoms with van der Waals surface area (Å²) in [5.41, 5.74) is 1.88. The maximum Gasteiger partial charge on any atom is 0.335 e. The van der Waals surface area contributed by atoms with Crippen LogP contribution in [0.4, 0.5) is 0 Å². The Labute approximate surface area is 140 Å². The number of carbonyl (C=O) groups excluding carboxylic acids is 1. The minimum absolute atomic E-state index is 0.183. The highest BCUT2D eigenvalue weighted by atomic mass is 16.5. The van der Waals surface area contributed by atoms with Crippen molar-refractivity contribution in [2.24, 2.45) is 0 Å². The zero-order chi connectivity index (χ0) is 16.9. The van der Waals surface area contributed by atoms with E-state index < -0.39 is 18.1 Å². The molecule has 0 saturated carbocycles. The molecule has 0 aliphatic carbocycles. The van der Waals surface area contributed by atoms with Crippen molar-refractivity contribution in [3.8, 4) is 0 Å². The third-order valence-electron chi connectivity index (χ3n) is 4.20. The van der Waals surface area contributed by atoms with E-state index in [1.54, 1.807) is 4.90 Å². The summed E-state index contributed by atoms with van der Waals surface area (Å²) in [5.74, 6) is -1.24. The molecule has 1 fully saturated rings. The van der Waals surface area contributed by atoms with Crippen LogP contribution in [-0.2, 0) is 20.7 Å². The molecule has 2 aromatic carbocycles. The molecule has 1 aliphatic heterocycles. The van der Waals surface area contributed by atoms with Crippen molar-refractivity contribution in [2.75, 3.05) is 13.2 Å². The van der Waals surface area contributed by atoms with Crippen LogP contribution in [0.3, 0.4) is 0 Å². The van der Waals surface area contributed by atoms with Gasteiger partial charge in [-0.2, -0.15) is 0 Å². The molecular weight excluding hydrogens is 306 g/mol. The summed E-state index contributed by atoms with van der Waals surface area (Å²) >= 11 is 0. The molecule has 1 amide bonds. The van der Waals surface area contributed by atoms with E-state index in [-0.39, 0.29) is 12.5 Å². The van der Waals surface area contributed by atoms with Crippen molar-refractivity contribution in [1.82, 2.24) is 4.90 Å². The molecule has 1 heterocycles. The molecule has 3 rings (SSSR count). The highest BCUT2D eigenvalue weighted by Crippen LogP contribution is 2.30. The lowest BCUT2D eigenvalue weighted by Gasteiger charge is -2.39. The summed E-state index contributed by atoms with van der Waals surface area (Å²) in [6.45, 7) is 0.255. The second-order valence-corrected chi connectivity index (χ2v) is 5.75. The van der Waals surface area contributed by atoms with Gasteiger partial charge in [0.25, 0.3) is 0 Å². The minimum atomic E-state index is -1.05. The number of benzene rings is 2. The number of hydrogen-bond acceptors (Lipinski definition) is 3. The fourth-order valence-electron chi connectivity index (χ4n) is 3.02. The van der Waals surface area contributed by atoms with Crippen LogP contribution in [0.5, 0.6) is 0 Å². The summed E-state index contributed by atoms with van der Waals surface area (Å²) in [5, 5.41) is 9.50. The Morgan fingerprint density at radius 2 is 1.71 bits per heavy atom. The fourth-order valence-corrected chi connectivity index (χ4v) is 3.02. The van der Waals surface area contributed by atoms with Crippen molar-refractivity contribution >= 4 is 11.9 Å². The minimum Gasteiger partial charge on any atom is -0.479 e. The third-order valence-corrected chi connectivity index (χ3v) is 4.20. The first kappa shape index (κ1) is 16.2. The van der Waals surface area contributed by atoms with E-state index >= 15 is 0 Å². The van der Waals surface area contributed by atoms with Crippen LogP contribution in [0.1, 0.15) is 17.2 Å².